The summed E-state index contributed by atoms with van der Waals surface area (Å²) in [6, 6.07) is 38.4. The van der Waals surface area contributed by atoms with Gasteiger partial charge in [0.05, 0.1) is 22.5 Å². The number of rotatable bonds is 8. The second kappa shape index (κ2) is 12.3. The van der Waals surface area contributed by atoms with E-state index in [-0.39, 0.29) is 11.8 Å². The van der Waals surface area contributed by atoms with E-state index in [1.807, 2.05) is 117 Å². The Morgan fingerprint density at radius 3 is 2.20 bits per heavy atom. The summed E-state index contributed by atoms with van der Waals surface area (Å²) in [5.74, 6) is 0.0769. The Hall–Kier alpha value is -5.16. The first-order valence-electron chi connectivity index (χ1n) is 13.5. The number of nitrogens with zero attached hydrogens (tertiary/aromatic N) is 1. The maximum Gasteiger partial charge on any atom is 0.260 e. The summed E-state index contributed by atoms with van der Waals surface area (Å²) in [7, 11) is 1.72. The minimum atomic E-state index is -0.271. The summed E-state index contributed by atoms with van der Waals surface area (Å²) >= 11 is 0. The van der Waals surface area contributed by atoms with E-state index >= 15 is 0 Å². The van der Waals surface area contributed by atoms with Crippen LogP contribution in [0.5, 0.6) is 5.75 Å². The van der Waals surface area contributed by atoms with Crippen molar-refractivity contribution in [1.82, 2.24) is 0 Å². The van der Waals surface area contributed by atoms with E-state index in [4.69, 9.17) is 4.74 Å². The summed E-state index contributed by atoms with van der Waals surface area (Å²) in [5, 5.41) is 3.02. The Bertz CT molecular complexity index is 1680. The zero-order chi connectivity index (χ0) is 28.8. The molecular formula is C36H32N2O3. The normalized spacial score (nSPS) is 10.6. The van der Waals surface area contributed by atoms with Crippen LogP contribution in [0.15, 0.2) is 121 Å². The van der Waals surface area contributed by atoms with Crippen LogP contribution >= 0.6 is 0 Å². The first kappa shape index (κ1) is 27.4. The second-order valence-electron chi connectivity index (χ2n) is 9.97. The fourth-order valence-electron chi connectivity index (χ4n) is 4.83. The molecule has 0 bridgehead atoms. The summed E-state index contributed by atoms with van der Waals surface area (Å²) in [4.78, 5) is 29.1. The van der Waals surface area contributed by atoms with Gasteiger partial charge in [0, 0.05) is 7.05 Å². The van der Waals surface area contributed by atoms with Gasteiger partial charge in [-0.05, 0) is 65.9 Å². The Morgan fingerprint density at radius 2 is 1.44 bits per heavy atom. The first-order valence-corrected chi connectivity index (χ1v) is 13.5. The molecule has 0 spiro atoms. The average molecular weight is 541 g/mol. The number of ether oxygens (including phenoxy) is 1. The van der Waals surface area contributed by atoms with Gasteiger partial charge >= 0.3 is 0 Å². The SMILES string of the molecule is Cc1ccc(N(C)C(=O)c2ccccc2NC(=O)c2c(C)cccc2-c2ccccc2)c(OCc2ccccc2)c1. The van der Waals surface area contributed by atoms with Crippen molar-refractivity contribution in [3.8, 4) is 16.9 Å². The van der Waals surface area contributed by atoms with Crippen molar-refractivity contribution in [2.45, 2.75) is 20.5 Å². The Kier molecular flexibility index (Phi) is 8.26. The van der Waals surface area contributed by atoms with Gasteiger partial charge in [0.15, 0.2) is 0 Å². The maximum atomic E-state index is 13.9. The maximum absolute atomic E-state index is 13.9. The van der Waals surface area contributed by atoms with E-state index in [0.717, 1.165) is 27.8 Å². The number of hydrogen-bond acceptors (Lipinski definition) is 3. The van der Waals surface area contributed by atoms with Crippen molar-refractivity contribution in [3.63, 3.8) is 0 Å². The number of hydrogen-bond donors (Lipinski definition) is 1. The highest BCUT2D eigenvalue weighted by atomic mass is 16.5. The molecule has 0 atom stereocenters. The standard InChI is InChI=1S/C36H32N2O3/c1-25-21-22-32(33(23-25)41-24-27-14-6-4-7-15-27)38(3)36(40)30-18-10-11-20-31(30)37-35(39)34-26(2)13-12-19-29(34)28-16-8-5-9-17-28/h4-23H,24H2,1-3H3,(H,37,39). The summed E-state index contributed by atoms with van der Waals surface area (Å²) in [5.41, 5.74) is 6.74. The molecule has 0 aliphatic rings. The number of nitrogens with one attached hydrogen (secondary N) is 1. The molecular weight excluding hydrogens is 508 g/mol. The summed E-state index contributed by atoms with van der Waals surface area (Å²) in [6.45, 7) is 4.29. The molecule has 0 fully saturated rings. The van der Waals surface area contributed by atoms with Gasteiger partial charge in [-0.25, -0.2) is 0 Å². The monoisotopic (exact) mass is 540 g/mol. The fraction of sp³-hybridized carbons (Fsp3) is 0.111. The van der Waals surface area contributed by atoms with Crippen molar-refractivity contribution in [1.29, 1.82) is 0 Å². The molecule has 0 radical (unpaired) electrons. The molecule has 0 saturated heterocycles. The smallest absolute Gasteiger partial charge is 0.260 e. The second-order valence-corrected chi connectivity index (χ2v) is 9.97. The lowest BCUT2D eigenvalue weighted by Gasteiger charge is -2.23. The van der Waals surface area contributed by atoms with Crippen LogP contribution in [0.4, 0.5) is 11.4 Å². The van der Waals surface area contributed by atoms with Gasteiger partial charge in [0.2, 0.25) is 0 Å². The van der Waals surface area contributed by atoms with Crippen LogP contribution in [0.25, 0.3) is 11.1 Å². The molecule has 0 unspecified atom stereocenters. The minimum Gasteiger partial charge on any atom is -0.487 e. The Balaban J connectivity index is 1.42. The van der Waals surface area contributed by atoms with Crippen LogP contribution in [0.3, 0.4) is 0 Å². The number of anilines is 2. The van der Waals surface area contributed by atoms with Gasteiger partial charge in [-0.15, -0.1) is 0 Å². The van der Waals surface area contributed by atoms with Crippen molar-refractivity contribution in [2.24, 2.45) is 0 Å². The third-order valence-corrected chi connectivity index (χ3v) is 7.01. The molecule has 5 aromatic carbocycles. The molecule has 1 N–H and O–H groups in total. The number of aryl methyl sites for hydroxylation is 2. The zero-order valence-electron chi connectivity index (χ0n) is 23.4. The van der Waals surface area contributed by atoms with E-state index in [2.05, 4.69) is 5.32 Å². The van der Waals surface area contributed by atoms with Gasteiger partial charge < -0.3 is 15.0 Å². The lowest BCUT2D eigenvalue weighted by molar-refractivity contribution is 0.0993. The van der Waals surface area contributed by atoms with Crippen LogP contribution in [0.1, 0.15) is 37.4 Å². The van der Waals surface area contributed by atoms with Crippen molar-refractivity contribution < 1.29 is 14.3 Å². The number of amides is 2. The molecule has 0 aliphatic heterocycles. The topological polar surface area (TPSA) is 58.6 Å². The number of carbonyl (C=O) groups excluding carboxylic acids is 2. The van der Waals surface area contributed by atoms with E-state index in [1.165, 1.54) is 0 Å². The molecule has 0 aliphatic carbocycles. The quantitative estimate of drug-likeness (QED) is 0.216. The van der Waals surface area contributed by atoms with Gasteiger partial charge in [-0.2, -0.15) is 0 Å². The highest BCUT2D eigenvalue weighted by Crippen LogP contribution is 2.32. The lowest BCUT2D eigenvalue weighted by atomic mass is 9.95. The predicted octanol–water partition coefficient (Wildman–Crippen LogP) is 8.08. The largest absolute Gasteiger partial charge is 0.487 e. The van der Waals surface area contributed by atoms with Crippen LogP contribution in [0, 0.1) is 13.8 Å². The lowest BCUT2D eigenvalue weighted by Crippen LogP contribution is -2.28. The number of para-hydroxylation sites is 1. The van der Waals surface area contributed by atoms with E-state index in [9.17, 15) is 9.59 Å². The summed E-state index contributed by atoms with van der Waals surface area (Å²) in [6.07, 6.45) is 0. The fourth-order valence-corrected chi connectivity index (χ4v) is 4.83. The zero-order valence-corrected chi connectivity index (χ0v) is 23.4. The Labute approximate surface area is 241 Å². The van der Waals surface area contributed by atoms with Crippen LogP contribution in [-0.2, 0) is 6.61 Å². The van der Waals surface area contributed by atoms with Crippen LogP contribution < -0.4 is 15.0 Å². The van der Waals surface area contributed by atoms with Gasteiger partial charge in [-0.3, -0.25) is 9.59 Å². The predicted molar refractivity (Wildman–Crippen MR) is 166 cm³/mol. The minimum absolute atomic E-state index is 0.262. The van der Waals surface area contributed by atoms with Crippen molar-refractivity contribution in [3.05, 3.63) is 149 Å². The van der Waals surface area contributed by atoms with Crippen molar-refractivity contribution in [2.75, 3.05) is 17.3 Å². The molecule has 2 amide bonds. The molecule has 0 heterocycles. The number of benzene rings is 5. The van der Waals surface area contributed by atoms with E-state index < -0.39 is 0 Å². The molecule has 0 saturated carbocycles. The summed E-state index contributed by atoms with van der Waals surface area (Å²) < 4.78 is 6.17. The third kappa shape index (κ3) is 6.20. The molecule has 41 heavy (non-hydrogen) atoms. The van der Waals surface area contributed by atoms with Gasteiger partial charge in [0.25, 0.3) is 11.8 Å². The van der Waals surface area contributed by atoms with Gasteiger partial charge in [-0.1, -0.05) is 97.1 Å². The van der Waals surface area contributed by atoms with E-state index in [0.29, 0.717) is 34.9 Å². The van der Waals surface area contributed by atoms with Crippen LogP contribution in [0.2, 0.25) is 0 Å². The molecule has 5 heteroatoms. The highest BCUT2D eigenvalue weighted by Gasteiger charge is 2.23. The van der Waals surface area contributed by atoms with Crippen LogP contribution in [-0.4, -0.2) is 18.9 Å². The van der Waals surface area contributed by atoms with Crippen molar-refractivity contribution >= 4 is 23.2 Å². The third-order valence-electron chi connectivity index (χ3n) is 7.01. The average Bonchev–Trinajstić information content (AvgIpc) is 3.00. The van der Waals surface area contributed by atoms with E-state index in [1.54, 1.807) is 30.1 Å². The highest BCUT2D eigenvalue weighted by molar-refractivity contribution is 6.15. The van der Waals surface area contributed by atoms with Gasteiger partial charge in [0.1, 0.15) is 12.4 Å². The Morgan fingerprint density at radius 1 is 0.756 bits per heavy atom. The molecule has 5 aromatic rings. The number of carbonyl (C=O) groups is 2. The molecule has 0 aromatic heterocycles. The first-order chi connectivity index (χ1) is 19.9. The molecule has 204 valence electrons. The molecule has 5 nitrogen and oxygen atoms in total. The molecule has 5 rings (SSSR count).